The number of carbonyl (C=O) groups is 1. The van der Waals surface area contributed by atoms with Crippen LogP contribution in [0.5, 0.6) is 0 Å². The number of esters is 1. The summed E-state index contributed by atoms with van der Waals surface area (Å²) in [7, 11) is 0. The van der Waals surface area contributed by atoms with Gasteiger partial charge >= 0.3 is 5.97 Å². The summed E-state index contributed by atoms with van der Waals surface area (Å²) in [5.41, 5.74) is 3.99. The Morgan fingerprint density at radius 1 is 0.962 bits per heavy atom. The third-order valence-electron chi connectivity index (χ3n) is 4.60. The second-order valence-corrected chi connectivity index (χ2v) is 6.21. The third-order valence-corrected chi connectivity index (χ3v) is 4.60. The smallest absolute Gasteiger partial charge is 0.340 e. The van der Waals surface area contributed by atoms with E-state index < -0.39 is 0 Å². The Bertz CT molecular complexity index is 1120. The first-order chi connectivity index (χ1) is 12.7. The monoisotopic (exact) mass is 341 g/mol. The Kier molecular flexibility index (Phi) is 4.13. The van der Waals surface area contributed by atoms with E-state index in [-0.39, 0.29) is 5.97 Å². The van der Waals surface area contributed by atoms with Gasteiger partial charge in [-0.25, -0.2) is 4.79 Å². The molecule has 0 aliphatic heterocycles. The zero-order valence-electron chi connectivity index (χ0n) is 14.8. The molecule has 3 heteroatoms. The molecule has 0 aliphatic carbocycles. The van der Waals surface area contributed by atoms with Gasteiger partial charge in [0.15, 0.2) is 0 Å². The molecule has 0 spiro atoms. The summed E-state index contributed by atoms with van der Waals surface area (Å²) in [4.78, 5) is 17.5. The molecular weight excluding hydrogens is 322 g/mol. The average Bonchev–Trinajstić information content (AvgIpc) is 2.67. The van der Waals surface area contributed by atoms with Gasteiger partial charge in [0, 0.05) is 10.9 Å². The number of nitrogens with zero attached hydrogens (tertiary/aromatic N) is 1. The summed E-state index contributed by atoms with van der Waals surface area (Å²) in [6.45, 7) is 4.02. The number of pyridine rings is 1. The molecule has 26 heavy (non-hydrogen) atoms. The Hall–Kier alpha value is -3.20. The largest absolute Gasteiger partial charge is 0.462 e. The Balaban J connectivity index is 2.21. The molecule has 3 aromatic carbocycles. The van der Waals surface area contributed by atoms with Crippen LogP contribution in [-0.4, -0.2) is 17.6 Å². The number of carbonyl (C=O) groups excluding carboxylic acids is 1. The van der Waals surface area contributed by atoms with E-state index in [9.17, 15) is 4.79 Å². The number of rotatable bonds is 3. The van der Waals surface area contributed by atoms with Gasteiger partial charge in [-0.1, -0.05) is 60.7 Å². The topological polar surface area (TPSA) is 39.2 Å². The maximum absolute atomic E-state index is 12.8. The van der Waals surface area contributed by atoms with Crippen molar-refractivity contribution in [2.24, 2.45) is 0 Å². The summed E-state index contributed by atoms with van der Waals surface area (Å²) < 4.78 is 5.35. The highest BCUT2D eigenvalue weighted by molar-refractivity contribution is 6.17. The number of hydrogen-bond acceptors (Lipinski definition) is 3. The highest BCUT2D eigenvalue weighted by atomic mass is 16.5. The maximum Gasteiger partial charge on any atom is 0.340 e. The molecule has 0 saturated heterocycles. The van der Waals surface area contributed by atoms with E-state index in [0.29, 0.717) is 17.9 Å². The van der Waals surface area contributed by atoms with Crippen molar-refractivity contribution < 1.29 is 9.53 Å². The number of fused-ring (bicyclic) bond motifs is 3. The van der Waals surface area contributed by atoms with Crippen LogP contribution in [0.25, 0.3) is 32.8 Å². The van der Waals surface area contributed by atoms with E-state index >= 15 is 0 Å². The van der Waals surface area contributed by atoms with E-state index in [4.69, 9.17) is 9.72 Å². The van der Waals surface area contributed by atoms with Crippen molar-refractivity contribution in [1.82, 2.24) is 4.98 Å². The van der Waals surface area contributed by atoms with Crippen molar-refractivity contribution in [3.05, 3.63) is 78.0 Å². The third kappa shape index (κ3) is 2.62. The molecule has 4 rings (SSSR count). The molecule has 0 aliphatic rings. The zero-order chi connectivity index (χ0) is 18.1. The van der Waals surface area contributed by atoms with E-state index in [1.165, 1.54) is 0 Å². The van der Waals surface area contributed by atoms with Crippen LogP contribution in [0, 0.1) is 6.92 Å². The van der Waals surface area contributed by atoms with Gasteiger partial charge in [0.25, 0.3) is 0 Å². The van der Waals surface area contributed by atoms with Gasteiger partial charge in [0.1, 0.15) is 0 Å². The van der Waals surface area contributed by atoms with Crippen LogP contribution < -0.4 is 0 Å². The average molecular weight is 341 g/mol. The van der Waals surface area contributed by atoms with Crippen LogP contribution in [0.4, 0.5) is 0 Å². The molecule has 3 nitrogen and oxygen atoms in total. The van der Waals surface area contributed by atoms with Crippen molar-refractivity contribution in [2.75, 3.05) is 6.61 Å². The quantitative estimate of drug-likeness (QED) is 0.363. The first-order valence-electron chi connectivity index (χ1n) is 8.75. The molecule has 0 saturated carbocycles. The molecule has 4 aromatic rings. The fraction of sp³-hybridized carbons (Fsp3) is 0.130. The minimum atomic E-state index is -0.328. The molecule has 0 bridgehead atoms. The summed E-state index contributed by atoms with van der Waals surface area (Å²) in [6, 6.07) is 22.3. The fourth-order valence-corrected chi connectivity index (χ4v) is 3.50. The minimum Gasteiger partial charge on any atom is -0.462 e. The first-order valence-corrected chi connectivity index (χ1v) is 8.75. The predicted octanol–water partition coefficient (Wildman–Crippen LogP) is 5.54. The van der Waals surface area contributed by atoms with Crippen molar-refractivity contribution in [1.29, 1.82) is 0 Å². The molecule has 128 valence electrons. The van der Waals surface area contributed by atoms with Crippen LogP contribution in [0.2, 0.25) is 0 Å². The van der Waals surface area contributed by atoms with Gasteiger partial charge in [-0.3, -0.25) is 4.98 Å². The fourth-order valence-electron chi connectivity index (χ4n) is 3.50. The standard InChI is InChI=1S/C23H19NO2/c1-3-26-23(25)20-15(2)24-19-14-13-16-9-7-8-12-18(16)22(19)21(20)17-10-5-4-6-11-17/h4-14H,3H2,1-2H3. The van der Waals surface area contributed by atoms with E-state index in [0.717, 1.165) is 32.8 Å². The predicted molar refractivity (Wildman–Crippen MR) is 105 cm³/mol. The number of hydrogen-bond donors (Lipinski definition) is 0. The van der Waals surface area contributed by atoms with Gasteiger partial charge in [0.05, 0.1) is 23.4 Å². The maximum atomic E-state index is 12.8. The Morgan fingerprint density at radius 3 is 2.46 bits per heavy atom. The zero-order valence-corrected chi connectivity index (χ0v) is 14.8. The summed E-state index contributed by atoms with van der Waals surface area (Å²) in [5, 5.41) is 3.20. The summed E-state index contributed by atoms with van der Waals surface area (Å²) >= 11 is 0. The second kappa shape index (κ2) is 6.60. The van der Waals surface area contributed by atoms with Crippen LogP contribution in [0.3, 0.4) is 0 Å². The normalized spacial score (nSPS) is 11.0. The van der Waals surface area contributed by atoms with Crippen molar-refractivity contribution in [3.63, 3.8) is 0 Å². The summed E-state index contributed by atoms with van der Waals surface area (Å²) in [6.07, 6.45) is 0. The van der Waals surface area contributed by atoms with Gasteiger partial charge < -0.3 is 4.74 Å². The van der Waals surface area contributed by atoms with Crippen molar-refractivity contribution >= 4 is 27.6 Å². The first kappa shape index (κ1) is 16.3. The van der Waals surface area contributed by atoms with E-state index in [2.05, 4.69) is 18.2 Å². The molecular formula is C23H19NO2. The number of aryl methyl sites for hydroxylation is 1. The van der Waals surface area contributed by atoms with E-state index in [1.807, 2.05) is 62.4 Å². The Morgan fingerprint density at radius 2 is 1.69 bits per heavy atom. The van der Waals surface area contributed by atoms with Crippen LogP contribution in [-0.2, 0) is 4.74 Å². The SMILES string of the molecule is CCOC(=O)c1c(C)nc2ccc3ccccc3c2c1-c1ccccc1. The molecule has 1 heterocycles. The molecule has 1 aromatic heterocycles. The van der Waals surface area contributed by atoms with Gasteiger partial charge in [-0.05, 0) is 36.2 Å². The Labute approximate surface area is 152 Å². The lowest BCUT2D eigenvalue weighted by Gasteiger charge is -2.16. The summed E-state index contributed by atoms with van der Waals surface area (Å²) in [5.74, 6) is -0.328. The van der Waals surface area contributed by atoms with Gasteiger partial charge in [0.2, 0.25) is 0 Å². The molecule has 0 N–H and O–H groups in total. The minimum absolute atomic E-state index is 0.328. The number of benzene rings is 3. The lowest BCUT2D eigenvalue weighted by atomic mass is 9.91. The molecule has 0 amide bonds. The highest BCUT2D eigenvalue weighted by Crippen LogP contribution is 2.37. The van der Waals surface area contributed by atoms with Crippen molar-refractivity contribution in [2.45, 2.75) is 13.8 Å². The van der Waals surface area contributed by atoms with Crippen LogP contribution in [0.1, 0.15) is 23.0 Å². The molecule has 0 fully saturated rings. The lowest BCUT2D eigenvalue weighted by Crippen LogP contribution is -2.10. The lowest BCUT2D eigenvalue weighted by molar-refractivity contribution is 0.0526. The highest BCUT2D eigenvalue weighted by Gasteiger charge is 2.22. The number of aromatic nitrogens is 1. The second-order valence-electron chi connectivity index (χ2n) is 6.21. The van der Waals surface area contributed by atoms with Gasteiger partial charge in [-0.2, -0.15) is 0 Å². The van der Waals surface area contributed by atoms with Crippen molar-refractivity contribution in [3.8, 4) is 11.1 Å². The molecule has 0 atom stereocenters. The van der Waals surface area contributed by atoms with Gasteiger partial charge in [-0.15, -0.1) is 0 Å². The van der Waals surface area contributed by atoms with Crippen LogP contribution in [0.15, 0.2) is 66.7 Å². The number of ether oxygens (including phenoxy) is 1. The molecule has 0 radical (unpaired) electrons. The molecule has 0 unspecified atom stereocenters. The van der Waals surface area contributed by atoms with Crippen LogP contribution >= 0.6 is 0 Å². The van der Waals surface area contributed by atoms with E-state index in [1.54, 1.807) is 0 Å².